The summed E-state index contributed by atoms with van der Waals surface area (Å²) in [5.74, 6) is 0.551. The predicted octanol–water partition coefficient (Wildman–Crippen LogP) is 1.50. The van der Waals surface area contributed by atoms with Gasteiger partial charge in [0.1, 0.15) is 0 Å². The maximum atomic E-state index is 11.5. The number of rotatable bonds is 2. The van der Waals surface area contributed by atoms with E-state index in [1.165, 1.54) is 18.9 Å². The minimum absolute atomic E-state index is 0.0324. The third-order valence-electron chi connectivity index (χ3n) is 2.80. The van der Waals surface area contributed by atoms with Crippen LogP contribution in [0.5, 0.6) is 0 Å². The van der Waals surface area contributed by atoms with Gasteiger partial charge in [-0.1, -0.05) is 11.6 Å². The molecule has 3 nitrogen and oxygen atoms in total. The molecule has 1 N–H and O–H groups in total. The van der Waals surface area contributed by atoms with Gasteiger partial charge < -0.3 is 9.88 Å². The van der Waals surface area contributed by atoms with Crippen molar-refractivity contribution in [1.82, 2.24) is 9.88 Å². The molecule has 1 aliphatic rings. The molecule has 1 unspecified atom stereocenters. The molecule has 1 fully saturated rings. The minimum Gasteiger partial charge on any atom is -0.316 e. The van der Waals surface area contributed by atoms with E-state index in [9.17, 15) is 4.79 Å². The second-order valence-corrected chi connectivity index (χ2v) is 4.49. The summed E-state index contributed by atoms with van der Waals surface area (Å²) in [6.45, 7) is 2.87. The van der Waals surface area contributed by atoms with Gasteiger partial charge in [-0.25, -0.2) is 0 Å². The topological polar surface area (TPSA) is 34.0 Å². The maximum Gasteiger partial charge on any atom is 0.250 e. The number of piperidine rings is 1. The average molecular weight is 227 g/mol. The van der Waals surface area contributed by atoms with E-state index < -0.39 is 0 Å². The molecule has 0 amide bonds. The fourth-order valence-electron chi connectivity index (χ4n) is 2.00. The summed E-state index contributed by atoms with van der Waals surface area (Å²) in [6.07, 6.45) is 4.10. The molecule has 1 saturated heterocycles. The minimum atomic E-state index is 0.0324. The third-order valence-corrected chi connectivity index (χ3v) is 3.02. The van der Waals surface area contributed by atoms with E-state index in [-0.39, 0.29) is 5.56 Å². The fourth-order valence-corrected chi connectivity index (χ4v) is 2.18. The Morgan fingerprint density at radius 3 is 3.13 bits per heavy atom. The second kappa shape index (κ2) is 4.81. The van der Waals surface area contributed by atoms with Crippen LogP contribution in [0.4, 0.5) is 0 Å². The zero-order valence-corrected chi connectivity index (χ0v) is 9.33. The molecule has 1 atom stereocenters. The van der Waals surface area contributed by atoms with Crippen LogP contribution in [0.2, 0.25) is 5.02 Å². The molecule has 15 heavy (non-hydrogen) atoms. The van der Waals surface area contributed by atoms with Gasteiger partial charge in [0.05, 0.1) is 5.02 Å². The van der Waals surface area contributed by atoms with E-state index in [1.807, 2.05) is 0 Å². The Balaban J connectivity index is 2.09. The van der Waals surface area contributed by atoms with E-state index in [4.69, 9.17) is 11.6 Å². The van der Waals surface area contributed by atoms with Gasteiger partial charge in [-0.15, -0.1) is 0 Å². The van der Waals surface area contributed by atoms with Crippen molar-refractivity contribution < 1.29 is 0 Å². The smallest absolute Gasteiger partial charge is 0.250 e. The Labute approximate surface area is 94.1 Å². The molecule has 0 bridgehead atoms. The Hall–Kier alpha value is -0.800. The van der Waals surface area contributed by atoms with Gasteiger partial charge >= 0.3 is 0 Å². The van der Waals surface area contributed by atoms with Gasteiger partial charge in [0.2, 0.25) is 0 Å². The molecule has 4 heteroatoms. The molecule has 2 heterocycles. The molecule has 0 aromatic carbocycles. The van der Waals surface area contributed by atoms with Crippen LogP contribution in [-0.2, 0) is 6.54 Å². The Kier molecular flexibility index (Phi) is 3.44. The highest BCUT2D eigenvalue weighted by Crippen LogP contribution is 2.12. The number of halogens is 1. The number of hydrogen-bond donors (Lipinski definition) is 1. The maximum absolute atomic E-state index is 11.5. The van der Waals surface area contributed by atoms with Crippen molar-refractivity contribution in [1.29, 1.82) is 0 Å². The van der Waals surface area contributed by atoms with Crippen molar-refractivity contribution >= 4 is 11.6 Å². The molecule has 2 rings (SSSR count). The van der Waals surface area contributed by atoms with Crippen molar-refractivity contribution in [2.45, 2.75) is 19.4 Å². The molecule has 1 aromatic rings. The summed E-state index contributed by atoms with van der Waals surface area (Å²) in [6, 6.07) is 3.16. The molecule has 1 aromatic heterocycles. The zero-order chi connectivity index (χ0) is 10.7. The van der Waals surface area contributed by atoms with Crippen LogP contribution < -0.4 is 10.9 Å². The molecule has 0 aliphatic carbocycles. The van der Waals surface area contributed by atoms with Crippen LogP contribution in [0.1, 0.15) is 12.8 Å². The lowest BCUT2D eigenvalue weighted by atomic mass is 10.00. The van der Waals surface area contributed by atoms with Crippen LogP contribution in [0.3, 0.4) is 0 Å². The van der Waals surface area contributed by atoms with E-state index >= 15 is 0 Å². The number of hydrogen-bond acceptors (Lipinski definition) is 2. The van der Waals surface area contributed by atoms with E-state index in [0.717, 1.165) is 19.6 Å². The molecule has 0 radical (unpaired) electrons. The van der Waals surface area contributed by atoms with Gasteiger partial charge in [-0.05, 0) is 37.9 Å². The lowest BCUT2D eigenvalue weighted by Crippen LogP contribution is -2.34. The van der Waals surface area contributed by atoms with Gasteiger partial charge in [0.25, 0.3) is 5.56 Å². The van der Waals surface area contributed by atoms with E-state index in [1.54, 1.807) is 16.8 Å². The van der Waals surface area contributed by atoms with Crippen molar-refractivity contribution in [3.63, 3.8) is 0 Å². The fraction of sp³-hybridized carbons (Fsp3) is 0.545. The molecular formula is C11H15ClN2O. The lowest BCUT2D eigenvalue weighted by Gasteiger charge is -2.23. The monoisotopic (exact) mass is 226 g/mol. The van der Waals surface area contributed by atoms with Crippen molar-refractivity contribution in [3.8, 4) is 0 Å². The van der Waals surface area contributed by atoms with E-state index in [0.29, 0.717) is 10.9 Å². The number of pyridine rings is 1. The van der Waals surface area contributed by atoms with Gasteiger partial charge in [-0.3, -0.25) is 4.79 Å². The van der Waals surface area contributed by atoms with Crippen molar-refractivity contribution in [2.75, 3.05) is 13.1 Å². The molecular weight excluding hydrogens is 212 g/mol. The van der Waals surface area contributed by atoms with Crippen LogP contribution in [0.25, 0.3) is 0 Å². The molecule has 0 saturated carbocycles. The number of nitrogens with zero attached hydrogens (tertiary/aromatic N) is 1. The normalized spacial score (nSPS) is 21.5. The van der Waals surface area contributed by atoms with Crippen molar-refractivity contribution in [2.24, 2.45) is 5.92 Å². The average Bonchev–Trinajstić information content (AvgIpc) is 2.25. The molecule has 0 spiro atoms. The summed E-state index contributed by atoms with van der Waals surface area (Å²) in [7, 11) is 0. The van der Waals surface area contributed by atoms with Crippen molar-refractivity contribution in [3.05, 3.63) is 33.7 Å². The highest BCUT2D eigenvalue weighted by Gasteiger charge is 2.13. The Morgan fingerprint density at radius 2 is 2.40 bits per heavy atom. The van der Waals surface area contributed by atoms with Gasteiger partial charge in [0.15, 0.2) is 0 Å². The van der Waals surface area contributed by atoms with Crippen LogP contribution >= 0.6 is 11.6 Å². The summed E-state index contributed by atoms with van der Waals surface area (Å²) < 4.78 is 1.71. The number of aromatic nitrogens is 1. The molecule has 1 aliphatic heterocycles. The SMILES string of the molecule is O=c1ccc(Cl)cn1CC1CCCNC1. The summed E-state index contributed by atoms with van der Waals surface area (Å²) in [5.41, 5.74) is 0.0324. The van der Waals surface area contributed by atoms with Gasteiger partial charge in [-0.2, -0.15) is 0 Å². The van der Waals surface area contributed by atoms with E-state index in [2.05, 4.69) is 5.32 Å². The lowest BCUT2D eigenvalue weighted by molar-refractivity contribution is 0.334. The van der Waals surface area contributed by atoms with Crippen LogP contribution in [-0.4, -0.2) is 17.7 Å². The summed E-state index contributed by atoms with van der Waals surface area (Å²) in [5, 5.41) is 3.96. The van der Waals surface area contributed by atoms with Crippen LogP contribution in [0.15, 0.2) is 23.1 Å². The Morgan fingerprint density at radius 1 is 1.53 bits per heavy atom. The predicted molar refractivity (Wildman–Crippen MR) is 61.3 cm³/mol. The summed E-state index contributed by atoms with van der Waals surface area (Å²) >= 11 is 5.86. The first kappa shape index (κ1) is 10.7. The highest BCUT2D eigenvalue weighted by molar-refractivity contribution is 6.30. The largest absolute Gasteiger partial charge is 0.316 e. The standard InChI is InChI=1S/C11H15ClN2O/c12-10-3-4-11(15)14(8-10)7-9-2-1-5-13-6-9/h3-4,8-9,13H,1-2,5-7H2. The first-order valence-electron chi connectivity index (χ1n) is 5.32. The first-order valence-corrected chi connectivity index (χ1v) is 5.70. The van der Waals surface area contributed by atoms with Crippen LogP contribution in [0, 0.1) is 5.92 Å². The number of nitrogens with one attached hydrogen (secondary N) is 1. The third kappa shape index (κ3) is 2.83. The first-order chi connectivity index (χ1) is 7.25. The quantitative estimate of drug-likeness (QED) is 0.830. The Bertz CT molecular complexity index is 382. The summed E-state index contributed by atoms with van der Waals surface area (Å²) in [4.78, 5) is 11.5. The second-order valence-electron chi connectivity index (χ2n) is 4.05. The zero-order valence-electron chi connectivity index (χ0n) is 8.58. The highest BCUT2D eigenvalue weighted by atomic mass is 35.5. The molecule has 82 valence electrons. The van der Waals surface area contributed by atoms with Gasteiger partial charge in [0, 0.05) is 18.8 Å².